The van der Waals surface area contributed by atoms with Gasteiger partial charge in [-0.15, -0.1) is 0 Å². The van der Waals surface area contributed by atoms with E-state index in [1.54, 1.807) is 0 Å². The molecule has 9 heteroatoms. The Morgan fingerprint density at radius 1 is 0.824 bits per heavy atom. The van der Waals surface area contributed by atoms with Gasteiger partial charge in [0.2, 0.25) is 9.70 Å². The van der Waals surface area contributed by atoms with Crippen molar-refractivity contribution < 1.29 is 27.2 Å². The van der Waals surface area contributed by atoms with Gasteiger partial charge < -0.3 is 10.4 Å². The number of hydrogen-bond acceptors (Lipinski definition) is 6. The fourth-order valence-corrected chi connectivity index (χ4v) is 0.277. The topological polar surface area (TPSA) is 128 Å². The summed E-state index contributed by atoms with van der Waals surface area (Å²) in [5.41, 5.74) is 0.903. The van der Waals surface area contributed by atoms with Gasteiger partial charge in [-0.2, -0.15) is 0 Å². The molecule has 0 aliphatic carbocycles. The molecule has 0 unspecified atom stereocenters. The van der Waals surface area contributed by atoms with Crippen LogP contribution in [0.5, 0.6) is 0 Å². The van der Waals surface area contributed by atoms with E-state index in [1.165, 1.54) is 27.7 Å². The van der Waals surface area contributed by atoms with Crippen LogP contribution in [-0.2, 0) is 16.8 Å². The predicted octanol–water partition coefficient (Wildman–Crippen LogP) is 0.260. The molecule has 2 N–H and O–H groups in total. The zero-order valence-corrected chi connectivity index (χ0v) is 10.9. The van der Waals surface area contributed by atoms with E-state index >= 15 is 0 Å². The van der Waals surface area contributed by atoms with E-state index in [2.05, 4.69) is 20.0 Å². The molecule has 0 amide bonds. The minimum atomic E-state index is 0. The predicted molar refractivity (Wildman–Crippen MR) is 62.2 cm³/mol. The minimum absolute atomic E-state index is 0. The molecule has 0 saturated carbocycles. The van der Waals surface area contributed by atoms with E-state index in [0.29, 0.717) is 0 Å². The smallest absolute Gasteiger partial charge is 0.393 e. The van der Waals surface area contributed by atoms with Gasteiger partial charge in [0.25, 0.3) is 0 Å². The molecule has 0 bridgehead atoms. The van der Waals surface area contributed by atoms with Crippen LogP contribution in [0.1, 0.15) is 27.7 Å². The quantitative estimate of drug-likeness (QED) is 0.327. The van der Waals surface area contributed by atoms with Crippen LogP contribution >= 0.6 is 0 Å². The van der Waals surface area contributed by atoms with Crippen molar-refractivity contribution in [1.82, 2.24) is 9.70 Å². The van der Waals surface area contributed by atoms with Gasteiger partial charge in [-0.1, -0.05) is 10.3 Å². The summed E-state index contributed by atoms with van der Waals surface area (Å²) in [7, 11) is 0. The average molecular weight is 289 g/mol. The molecular weight excluding hydrogens is 275 g/mol. The summed E-state index contributed by atoms with van der Waals surface area (Å²) < 4.78 is 0. The van der Waals surface area contributed by atoms with Gasteiger partial charge in [-0.25, -0.2) is 0 Å². The SMILES string of the molecule is CC(=[N+]=O)/C(C)=N/O.CC(=[N+]=O)/C(C)=N/O.[Co]. The molecule has 1 radical (unpaired) electrons. The summed E-state index contributed by atoms with van der Waals surface area (Å²) in [6.45, 7) is 5.94. The number of oxime groups is 2. The van der Waals surface area contributed by atoms with Crippen LogP contribution < -0.4 is 9.70 Å². The molecule has 0 atom stereocenters. The third-order valence-electron chi connectivity index (χ3n) is 1.62. The van der Waals surface area contributed by atoms with Crippen LogP contribution in [0.3, 0.4) is 0 Å². The molecule has 17 heavy (non-hydrogen) atoms. The second-order valence-corrected chi connectivity index (χ2v) is 2.72. The van der Waals surface area contributed by atoms with Gasteiger partial charge in [0.15, 0.2) is 21.2 Å². The van der Waals surface area contributed by atoms with E-state index in [9.17, 15) is 9.81 Å². The fraction of sp³-hybridized carbons (Fsp3) is 0.500. The first-order chi connectivity index (χ1) is 7.44. The summed E-state index contributed by atoms with van der Waals surface area (Å²) in [6, 6.07) is 0. The first kappa shape index (κ1) is 20.6. The molecule has 0 aliphatic heterocycles. The fourth-order valence-electron chi connectivity index (χ4n) is 0.277. The Labute approximate surface area is 108 Å². The number of rotatable bonds is 2. The maximum absolute atomic E-state index is 9.63. The molecule has 0 aromatic carbocycles. The van der Waals surface area contributed by atoms with Gasteiger partial charge in [0.05, 0.1) is 0 Å². The molecule has 0 aromatic heterocycles. The van der Waals surface area contributed by atoms with Gasteiger partial charge in [0.1, 0.15) is 0 Å². The zero-order valence-electron chi connectivity index (χ0n) is 9.83. The maximum atomic E-state index is 9.63. The van der Waals surface area contributed by atoms with Crippen LogP contribution in [0, 0.1) is 9.81 Å². The molecule has 0 saturated heterocycles. The van der Waals surface area contributed by atoms with E-state index in [1.807, 2.05) is 0 Å². The van der Waals surface area contributed by atoms with Crippen LogP contribution in [0.15, 0.2) is 10.3 Å². The van der Waals surface area contributed by atoms with Crippen LogP contribution in [0.2, 0.25) is 0 Å². The van der Waals surface area contributed by atoms with Crippen molar-refractivity contribution in [3.8, 4) is 0 Å². The minimum Gasteiger partial charge on any atom is -0.410 e. The van der Waals surface area contributed by atoms with Gasteiger partial charge >= 0.3 is 11.4 Å². The van der Waals surface area contributed by atoms with Crippen LogP contribution in [0.4, 0.5) is 0 Å². The van der Waals surface area contributed by atoms with Gasteiger partial charge in [0, 0.05) is 30.6 Å². The van der Waals surface area contributed by atoms with Crippen molar-refractivity contribution in [3.05, 3.63) is 9.81 Å². The van der Waals surface area contributed by atoms with E-state index in [-0.39, 0.29) is 39.6 Å². The van der Waals surface area contributed by atoms with Crippen molar-refractivity contribution in [2.24, 2.45) is 10.3 Å². The molecule has 97 valence electrons. The third-order valence-corrected chi connectivity index (χ3v) is 1.62. The maximum Gasteiger partial charge on any atom is 0.393 e. The zero-order chi connectivity index (χ0) is 13.1. The van der Waals surface area contributed by atoms with Gasteiger partial charge in [-0.3, -0.25) is 0 Å². The number of nitrogens with zero attached hydrogens (tertiary/aromatic N) is 4. The molecule has 0 spiro atoms. The third kappa shape index (κ3) is 10.5. The summed E-state index contributed by atoms with van der Waals surface area (Å²) in [6.07, 6.45) is 0. The van der Waals surface area contributed by atoms with Crippen LogP contribution in [0.25, 0.3) is 0 Å². The summed E-state index contributed by atoms with van der Waals surface area (Å²) in [5.74, 6) is 0. The van der Waals surface area contributed by atoms with Crippen molar-refractivity contribution in [3.63, 3.8) is 0 Å². The van der Waals surface area contributed by atoms with Gasteiger partial charge in [-0.05, 0) is 13.8 Å². The van der Waals surface area contributed by atoms with Crippen molar-refractivity contribution >= 4 is 22.8 Å². The monoisotopic (exact) mass is 289 g/mol. The first-order valence-electron chi connectivity index (χ1n) is 4.16. The second kappa shape index (κ2) is 12.3. The van der Waals surface area contributed by atoms with Crippen molar-refractivity contribution in [2.45, 2.75) is 27.7 Å². The van der Waals surface area contributed by atoms with E-state index in [4.69, 9.17) is 10.4 Å². The Morgan fingerprint density at radius 2 is 1.06 bits per heavy atom. The molecule has 0 aromatic rings. The molecule has 0 rings (SSSR count). The number of nitroso groups, excluding NO2 is 2. The summed E-state index contributed by atoms with van der Waals surface area (Å²) in [5, 5.41) is 21.5. The Kier molecular flexibility index (Phi) is 14.9. The van der Waals surface area contributed by atoms with E-state index < -0.39 is 0 Å². The Bertz CT molecular complexity index is 354. The molecule has 0 heterocycles. The first-order valence-corrected chi connectivity index (χ1v) is 4.16. The number of hydrogen-bond donors (Lipinski definition) is 2. The summed E-state index contributed by atoms with van der Waals surface area (Å²) in [4.78, 5) is 24.3. The van der Waals surface area contributed by atoms with Crippen molar-refractivity contribution in [2.75, 3.05) is 0 Å². The Balaban J connectivity index is -0.000000218. The average Bonchev–Trinajstić information content (AvgIpc) is 2.35. The standard InChI is InChI=1S/2C4H6N2O2.Co/c2*1-3(5-7)4(2)6-8;/h2*1-2H3;/p+2. The largest absolute Gasteiger partial charge is 0.410 e. The second-order valence-electron chi connectivity index (χ2n) is 2.72. The normalized spacial score (nSPS) is 9.88. The van der Waals surface area contributed by atoms with Crippen molar-refractivity contribution in [1.29, 1.82) is 0 Å². The van der Waals surface area contributed by atoms with E-state index in [0.717, 1.165) is 0 Å². The summed E-state index contributed by atoms with van der Waals surface area (Å²) >= 11 is 0. The molecular formula is C8H14CoN4O4+2. The Morgan fingerprint density at radius 3 is 1.12 bits per heavy atom. The molecule has 8 nitrogen and oxygen atoms in total. The molecule has 0 fully saturated rings. The Hall–Kier alpha value is -1.79. The molecule has 0 aliphatic rings. The van der Waals surface area contributed by atoms with Crippen LogP contribution in [-0.4, -0.2) is 33.3 Å².